The fraction of sp³-hybridized carbons (Fsp3) is 0.500. The van der Waals surface area contributed by atoms with Crippen LogP contribution >= 0.6 is 0 Å². The van der Waals surface area contributed by atoms with Crippen LogP contribution in [0.15, 0.2) is 24.3 Å². The maximum atomic E-state index is 5.69. The first-order chi connectivity index (χ1) is 8.83. The Morgan fingerprint density at radius 1 is 1.33 bits per heavy atom. The van der Waals surface area contributed by atoms with Gasteiger partial charge in [-0.15, -0.1) is 12.3 Å². The summed E-state index contributed by atoms with van der Waals surface area (Å²) in [5.41, 5.74) is 1.23. The monoisotopic (exact) mass is 245 g/mol. The standard InChI is InChI=1S/C16H23NO/c1-4-7-8-12-15(17-5-2)14-11-9-10-13-16(14)18-6-3/h1,9-11,13,15,17H,5-8,12H2,2-3H3. The maximum Gasteiger partial charge on any atom is 0.124 e. The first kappa shape index (κ1) is 14.6. The molecule has 1 N–H and O–H groups in total. The Kier molecular flexibility index (Phi) is 6.98. The second kappa shape index (κ2) is 8.60. The van der Waals surface area contributed by atoms with E-state index in [9.17, 15) is 0 Å². The Bertz CT molecular complexity index is 381. The summed E-state index contributed by atoms with van der Waals surface area (Å²) in [4.78, 5) is 0. The summed E-state index contributed by atoms with van der Waals surface area (Å²) < 4.78 is 5.69. The van der Waals surface area contributed by atoms with Gasteiger partial charge in [0.15, 0.2) is 0 Å². The number of terminal acetylenes is 1. The van der Waals surface area contributed by atoms with Crippen LogP contribution in [0.4, 0.5) is 0 Å². The topological polar surface area (TPSA) is 21.3 Å². The predicted octanol–water partition coefficient (Wildman–Crippen LogP) is 3.54. The molecule has 0 saturated carbocycles. The van der Waals surface area contributed by atoms with Gasteiger partial charge in [0.05, 0.1) is 6.61 Å². The molecule has 1 atom stereocenters. The second-order valence-corrected chi connectivity index (χ2v) is 4.18. The smallest absolute Gasteiger partial charge is 0.124 e. The van der Waals surface area contributed by atoms with Gasteiger partial charge in [0.2, 0.25) is 0 Å². The van der Waals surface area contributed by atoms with Crippen molar-refractivity contribution in [1.82, 2.24) is 5.32 Å². The third-order valence-corrected chi connectivity index (χ3v) is 2.86. The van der Waals surface area contributed by atoms with Gasteiger partial charge in [0.25, 0.3) is 0 Å². The lowest BCUT2D eigenvalue weighted by Crippen LogP contribution is -2.21. The molecule has 2 nitrogen and oxygen atoms in total. The van der Waals surface area contributed by atoms with Gasteiger partial charge in [0, 0.05) is 18.0 Å². The fourth-order valence-electron chi connectivity index (χ4n) is 2.08. The van der Waals surface area contributed by atoms with E-state index < -0.39 is 0 Å². The van der Waals surface area contributed by atoms with Crippen LogP contribution in [0.3, 0.4) is 0 Å². The number of para-hydroxylation sites is 1. The van der Waals surface area contributed by atoms with Crippen molar-refractivity contribution in [3.63, 3.8) is 0 Å². The highest BCUT2D eigenvalue weighted by atomic mass is 16.5. The average Bonchev–Trinajstić information content (AvgIpc) is 2.39. The van der Waals surface area contributed by atoms with Gasteiger partial charge in [-0.2, -0.15) is 0 Å². The number of ether oxygens (including phenoxy) is 1. The number of benzene rings is 1. The van der Waals surface area contributed by atoms with E-state index in [1.54, 1.807) is 0 Å². The molecule has 0 spiro atoms. The minimum Gasteiger partial charge on any atom is -0.494 e. The highest BCUT2D eigenvalue weighted by molar-refractivity contribution is 5.36. The molecule has 0 heterocycles. The van der Waals surface area contributed by atoms with Crippen LogP contribution in [0.5, 0.6) is 5.75 Å². The lowest BCUT2D eigenvalue weighted by atomic mass is 10.00. The van der Waals surface area contributed by atoms with Gasteiger partial charge in [-0.25, -0.2) is 0 Å². The van der Waals surface area contributed by atoms with Crippen molar-refractivity contribution < 1.29 is 4.74 Å². The van der Waals surface area contributed by atoms with Crippen molar-refractivity contribution in [3.05, 3.63) is 29.8 Å². The summed E-state index contributed by atoms with van der Waals surface area (Å²) in [7, 11) is 0. The number of rotatable bonds is 8. The molecule has 18 heavy (non-hydrogen) atoms. The van der Waals surface area contributed by atoms with E-state index in [4.69, 9.17) is 11.2 Å². The van der Waals surface area contributed by atoms with Gasteiger partial charge in [0.1, 0.15) is 5.75 Å². The molecular weight excluding hydrogens is 222 g/mol. The zero-order valence-corrected chi connectivity index (χ0v) is 11.4. The highest BCUT2D eigenvalue weighted by Crippen LogP contribution is 2.28. The Hall–Kier alpha value is -1.46. The molecule has 0 fully saturated rings. The van der Waals surface area contributed by atoms with Gasteiger partial charge in [-0.3, -0.25) is 0 Å². The first-order valence-corrected chi connectivity index (χ1v) is 6.72. The predicted molar refractivity (Wildman–Crippen MR) is 76.7 cm³/mol. The fourth-order valence-corrected chi connectivity index (χ4v) is 2.08. The van der Waals surface area contributed by atoms with Crippen LogP contribution in [-0.4, -0.2) is 13.2 Å². The molecule has 0 aromatic heterocycles. The van der Waals surface area contributed by atoms with Gasteiger partial charge in [-0.05, 0) is 32.4 Å². The highest BCUT2D eigenvalue weighted by Gasteiger charge is 2.14. The maximum absolute atomic E-state index is 5.69. The summed E-state index contributed by atoms with van der Waals surface area (Å²) in [6.45, 7) is 5.77. The Labute approximate surface area is 111 Å². The molecule has 2 heteroatoms. The van der Waals surface area contributed by atoms with E-state index in [-0.39, 0.29) is 0 Å². The molecule has 1 rings (SSSR count). The molecule has 98 valence electrons. The molecule has 0 aliphatic heterocycles. The lowest BCUT2D eigenvalue weighted by molar-refractivity contribution is 0.330. The van der Waals surface area contributed by atoms with Crippen LogP contribution in [-0.2, 0) is 0 Å². The molecule has 1 unspecified atom stereocenters. The van der Waals surface area contributed by atoms with Crippen molar-refractivity contribution in [2.75, 3.05) is 13.2 Å². The number of nitrogens with one attached hydrogen (secondary N) is 1. The van der Waals surface area contributed by atoms with Crippen molar-refractivity contribution in [2.24, 2.45) is 0 Å². The summed E-state index contributed by atoms with van der Waals surface area (Å²) in [5, 5.41) is 3.51. The zero-order chi connectivity index (χ0) is 13.2. The molecule has 0 aliphatic rings. The third kappa shape index (κ3) is 4.43. The van der Waals surface area contributed by atoms with Crippen molar-refractivity contribution in [1.29, 1.82) is 0 Å². The number of hydrogen-bond donors (Lipinski definition) is 1. The van der Waals surface area contributed by atoms with Crippen LogP contribution in [0.1, 0.15) is 44.7 Å². The molecule has 0 bridgehead atoms. The van der Waals surface area contributed by atoms with E-state index in [1.807, 2.05) is 19.1 Å². The molecule has 0 saturated heterocycles. The van der Waals surface area contributed by atoms with Crippen LogP contribution in [0.25, 0.3) is 0 Å². The Morgan fingerprint density at radius 3 is 2.78 bits per heavy atom. The van der Waals surface area contributed by atoms with Crippen molar-refractivity contribution in [3.8, 4) is 18.1 Å². The molecule has 0 radical (unpaired) electrons. The van der Waals surface area contributed by atoms with Gasteiger partial charge >= 0.3 is 0 Å². The van der Waals surface area contributed by atoms with Gasteiger partial charge < -0.3 is 10.1 Å². The number of hydrogen-bond acceptors (Lipinski definition) is 2. The van der Waals surface area contributed by atoms with E-state index >= 15 is 0 Å². The Morgan fingerprint density at radius 2 is 2.11 bits per heavy atom. The van der Waals surface area contributed by atoms with E-state index in [0.29, 0.717) is 12.6 Å². The van der Waals surface area contributed by atoms with E-state index in [1.165, 1.54) is 5.56 Å². The van der Waals surface area contributed by atoms with E-state index in [0.717, 1.165) is 31.6 Å². The lowest BCUT2D eigenvalue weighted by Gasteiger charge is -2.21. The molecule has 0 aliphatic carbocycles. The second-order valence-electron chi connectivity index (χ2n) is 4.18. The summed E-state index contributed by atoms with van der Waals surface area (Å²) in [6.07, 6.45) is 8.22. The third-order valence-electron chi connectivity index (χ3n) is 2.86. The minimum atomic E-state index is 0.325. The van der Waals surface area contributed by atoms with Gasteiger partial charge in [-0.1, -0.05) is 25.1 Å². The summed E-state index contributed by atoms with van der Waals surface area (Å²) in [6, 6.07) is 8.56. The Balaban J connectivity index is 2.80. The van der Waals surface area contributed by atoms with Crippen LogP contribution in [0, 0.1) is 12.3 Å². The largest absolute Gasteiger partial charge is 0.494 e. The molecule has 1 aromatic rings. The normalized spacial score (nSPS) is 11.8. The molecule has 1 aromatic carbocycles. The average molecular weight is 245 g/mol. The quantitative estimate of drug-likeness (QED) is 0.559. The van der Waals surface area contributed by atoms with Crippen LogP contribution in [0.2, 0.25) is 0 Å². The molecular formula is C16H23NO. The number of unbranched alkanes of at least 4 members (excludes halogenated alkanes) is 1. The zero-order valence-electron chi connectivity index (χ0n) is 11.4. The minimum absolute atomic E-state index is 0.325. The summed E-state index contributed by atoms with van der Waals surface area (Å²) >= 11 is 0. The summed E-state index contributed by atoms with van der Waals surface area (Å²) in [5.74, 6) is 3.68. The molecule has 0 amide bonds. The van der Waals surface area contributed by atoms with Crippen molar-refractivity contribution in [2.45, 2.75) is 39.2 Å². The van der Waals surface area contributed by atoms with E-state index in [2.05, 4.69) is 30.3 Å². The van der Waals surface area contributed by atoms with Crippen LogP contribution < -0.4 is 10.1 Å². The first-order valence-electron chi connectivity index (χ1n) is 6.72. The van der Waals surface area contributed by atoms with Crippen molar-refractivity contribution >= 4 is 0 Å². The SMILES string of the molecule is C#CCCCC(NCC)c1ccccc1OCC.